The number of H-pyrrole nitrogens is 2. The number of nitrogens with zero attached hydrogens (tertiary/aromatic N) is 5. The molecule has 0 saturated heterocycles. The summed E-state index contributed by atoms with van der Waals surface area (Å²) >= 11 is 9.26. The summed E-state index contributed by atoms with van der Waals surface area (Å²) in [4.78, 5) is 116. The summed E-state index contributed by atoms with van der Waals surface area (Å²) < 4.78 is 20.4. The van der Waals surface area contributed by atoms with E-state index < -0.39 is 80.4 Å². The quantitative estimate of drug-likeness (QED) is 0.00637. The average Bonchev–Trinajstić information content (AvgIpc) is 1.27. The number of benzene rings is 9. The summed E-state index contributed by atoms with van der Waals surface area (Å²) in [5.74, 6) is -3.29. The maximum atomic E-state index is 15.7. The number of aromatic amines is 2. The first-order valence-corrected chi connectivity index (χ1v) is 40.9. The second-order valence-corrected chi connectivity index (χ2v) is 31.2. The minimum atomic E-state index is -1.33. The van der Waals surface area contributed by atoms with Crippen LogP contribution >= 0.6 is 46.0 Å². The number of Topliss-reactive ketones (excluding diaryl/α,β-unsaturated/α-hetero) is 1. The molecule has 3 aromatic heterocycles. The van der Waals surface area contributed by atoms with Gasteiger partial charge in [-0.3, -0.25) is 44.7 Å². The molecular weight excluding hydrogens is 1570 g/mol. The van der Waals surface area contributed by atoms with Gasteiger partial charge in [-0.05, 0) is 105 Å². The molecule has 1 aliphatic carbocycles. The molecule has 12 aromatic rings. The van der Waals surface area contributed by atoms with Gasteiger partial charge in [0.1, 0.15) is 49.0 Å². The highest BCUT2D eigenvalue weighted by Crippen LogP contribution is 2.46. The number of esters is 1. The van der Waals surface area contributed by atoms with E-state index in [1.54, 1.807) is 36.8 Å². The van der Waals surface area contributed by atoms with Gasteiger partial charge in [0.15, 0.2) is 15.1 Å². The number of nitro groups is 3. The lowest BCUT2D eigenvalue weighted by Gasteiger charge is -2.39. The summed E-state index contributed by atoms with van der Waals surface area (Å²) in [6.07, 6.45) is 5.36. The molecule has 0 saturated carbocycles. The van der Waals surface area contributed by atoms with Crippen LogP contribution in [-0.2, 0) is 60.2 Å². The van der Waals surface area contributed by atoms with E-state index in [2.05, 4.69) is 50.4 Å². The molecule has 118 heavy (non-hydrogen) atoms. The largest absolute Gasteiger partial charge is 0.489 e. The lowest BCUT2D eigenvalue weighted by Crippen LogP contribution is -2.53. The van der Waals surface area contributed by atoms with E-state index in [-0.39, 0.29) is 76.4 Å². The lowest BCUT2D eigenvalue weighted by molar-refractivity contribution is -0.387. The van der Waals surface area contributed by atoms with Crippen LogP contribution in [0.25, 0.3) is 11.1 Å². The SMILES string of the molecule is Cc1ccc(COc2ccc(COC(=O)C(Cc3ccccc3)NC(=O)C(CC(=O)C(CC(C)C)NC(=O)C(CSSc3ccccc3[N+](=O)[O-])NC(=O)OCC3c4ccccc4-c4ccccc43)Cc3nccn3C(c3ccccc3)(c3ccccc3)c3ccccc3)cc2)cc1.O=[N+]([O-])c1ccc[nH]c1=S.O=[N+]([O-])c1ccc[nH]c1=S. The number of ether oxygens (including phenoxy) is 3. The van der Waals surface area contributed by atoms with E-state index in [1.165, 1.54) is 30.3 Å². The van der Waals surface area contributed by atoms with E-state index >= 15 is 14.4 Å². The van der Waals surface area contributed by atoms with Crippen LogP contribution in [0.5, 0.6) is 5.75 Å². The first-order chi connectivity index (χ1) is 57.1. The Labute approximate surface area is 699 Å². The molecule has 1 aliphatic rings. The molecule has 0 spiro atoms. The highest BCUT2D eigenvalue weighted by molar-refractivity contribution is 8.76. The van der Waals surface area contributed by atoms with Gasteiger partial charge in [-0.2, -0.15) is 0 Å². The number of fused-ring (bicyclic) bond motifs is 3. The average molecular weight is 1660 g/mol. The number of pyridine rings is 2. The van der Waals surface area contributed by atoms with E-state index in [0.717, 1.165) is 77.2 Å². The number of aryl methyl sites for hydroxylation is 1. The van der Waals surface area contributed by atoms with Crippen molar-refractivity contribution < 1.29 is 53.0 Å². The summed E-state index contributed by atoms with van der Waals surface area (Å²) in [6.45, 7) is 6.06. The highest BCUT2D eigenvalue weighted by atomic mass is 33.1. The van der Waals surface area contributed by atoms with Gasteiger partial charge in [0.05, 0.1) is 31.6 Å². The molecule has 4 unspecified atom stereocenters. The Morgan fingerprint density at radius 3 is 1.56 bits per heavy atom. The van der Waals surface area contributed by atoms with Crippen molar-refractivity contribution >= 4 is 92.7 Å². The van der Waals surface area contributed by atoms with Crippen LogP contribution in [0.4, 0.5) is 21.9 Å². The van der Waals surface area contributed by atoms with Crippen molar-refractivity contribution in [2.75, 3.05) is 12.4 Å². The maximum Gasteiger partial charge on any atom is 0.407 e. The van der Waals surface area contributed by atoms with Gasteiger partial charge in [0.25, 0.3) is 5.69 Å². The number of alkyl carbamates (subject to hydrolysis) is 1. The third-order valence-electron chi connectivity index (χ3n) is 19.4. The smallest absolute Gasteiger partial charge is 0.407 e. The number of carbonyl (C=O) groups is 5. The van der Waals surface area contributed by atoms with Crippen LogP contribution in [0, 0.1) is 58.4 Å². The molecule has 28 heteroatoms. The van der Waals surface area contributed by atoms with Gasteiger partial charge in [-0.25, -0.2) is 14.6 Å². The van der Waals surface area contributed by atoms with Crippen LogP contribution in [0.2, 0.25) is 0 Å². The third-order valence-corrected chi connectivity index (χ3v) is 22.5. The molecular formula is C90H84N10O14S4. The number of imidazole rings is 1. The van der Waals surface area contributed by atoms with Crippen LogP contribution < -0.4 is 20.7 Å². The fraction of sp³-hybridized carbons (Fsp3) is 0.200. The standard InChI is InChI=1S/C80H76N6O10S2.2C5H4N2O2S/c1-54(2)46-69(82-77(89)71(53-97-98-74-35-21-20-34-72(74)86(92)93)84-79(91)96-52-68-66-32-18-16-30-64(66)65-31-17-19-33-67(65)68)73(87)48-59(49-75-81-44-45-85(75)80(60-24-10-5-11-25-60,61-26-12-6-13-27-61)62-28-14-7-15-29-62)76(88)83-70(47-56-22-8-4-9-23-56)78(90)95-51-58-40-42-63(43-41-58)94-50-57-38-36-55(3)37-39-57;2*8-7(9)4-2-1-3-6-5(4)10/h4-45,54,59,68-71H,46-53H2,1-3H3,(H,82,89)(H,83,88)(H,84,91);2*1-3H,(H,6,10). The summed E-state index contributed by atoms with van der Waals surface area (Å²) in [6, 6.07) is 78.6. The summed E-state index contributed by atoms with van der Waals surface area (Å²) in [7, 11) is 2.18. The molecule has 0 fully saturated rings. The maximum absolute atomic E-state index is 15.7. The van der Waals surface area contributed by atoms with Gasteiger partial charge in [0.2, 0.25) is 11.8 Å². The number of ketones is 1. The number of carbonyl (C=O) groups excluding carboxylic acids is 5. The number of hydrogen-bond acceptors (Lipinski definition) is 19. The Kier molecular flexibility index (Phi) is 30.6. The molecule has 4 atom stereocenters. The van der Waals surface area contributed by atoms with Crippen molar-refractivity contribution in [3.8, 4) is 16.9 Å². The van der Waals surface area contributed by atoms with E-state index in [9.17, 15) is 39.9 Å². The molecule has 9 aromatic carbocycles. The topological polar surface area (TPSA) is 328 Å². The normalized spacial score (nSPS) is 12.4. The number of hydrogen-bond donors (Lipinski definition) is 5. The van der Waals surface area contributed by atoms with Crippen molar-refractivity contribution in [3.63, 3.8) is 0 Å². The van der Waals surface area contributed by atoms with Crippen molar-refractivity contribution in [3.05, 3.63) is 387 Å². The van der Waals surface area contributed by atoms with Crippen LogP contribution in [0.1, 0.15) is 88.5 Å². The zero-order valence-electron chi connectivity index (χ0n) is 64.4. The fourth-order valence-corrected chi connectivity index (χ4v) is 16.4. The molecule has 3 amide bonds. The van der Waals surface area contributed by atoms with E-state index in [4.69, 9.17) is 19.2 Å². The number of nitrogens with one attached hydrogen (secondary N) is 5. The molecule has 602 valence electrons. The molecule has 5 N–H and O–H groups in total. The van der Waals surface area contributed by atoms with Crippen molar-refractivity contribution in [2.24, 2.45) is 11.8 Å². The fourth-order valence-electron chi connectivity index (χ4n) is 13.7. The first kappa shape index (κ1) is 85.9. The predicted octanol–water partition coefficient (Wildman–Crippen LogP) is 18.3. The summed E-state index contributed by atoms with van der Waals surface area (Å²) in [5, 5.41) is 41.2. The van der Waals surface area contributed by atoms with Crippen molar-refractivity contribution in [1.29, 1.82) is 0 Å². The first-order valence-electron chi connectivity index (χ1n) is 37.7. The van der Waals surface area contributed by atoms with Crippen LogP contribution in [0.3, 0.4) is 0 Å². The third kappa shape index (κ3) is 22.7. The Morgan fingerprint density at radius 2 is 1.03 bits per heavy atom. The Morgan fingerprint density at radius 1 is 0.534 bits per heavy atom. The Hall–Kier alpha value is -13.0. The van der Waals surface area contributed by atoms with Gasteiger partial charge < -0.3 is 44.7 Å². The minimum absolute atomic E-state index is 0.0453. The number of aromatic nitrogens is 4. The van der Waals surface area contributed by atoms with Crippen LogP contribution in [-0.4, -0.2) is 94.4 Å². The molecule has 24 nitrogen and oxygen atoms in total. The van der Waals surface area contributed by atoms with Crippen LogP contribution in [0.15, 0.2) is 297 Å². The zero-order valence-corrected chi connectivity index (χ0v) is 67.7. The van der Waals surface area contributed by atoms with E-state index in [0.29, 0.717) is 28.6 Å². The van der Waals surface area contributed by atoms with Gasteiger partial charge in [-0.15, -0.1) is 0 Å². The van der Waals surface area contributed by atoms with E-state index in [1.807, 2.05) is 250 Å². The number of para-hydroxylation sites is 1. The van der Waals surface area contributed by atoms with Crippen molar-refractivity contribution in [2.45, 2.75) is 94.1 Å². The Balaban J connectivity index is 0.000000596. The predicted molar refractivity (Wildman–Crippen MR) is 459 cm³/mol. The number of rotatable bonds is 33. The second-order valence-electron chi connectivity index (χ2n) is 28.0. The highest BCUT2D eigenvalue weighted by Gasteiger charge is 2.42. The molecule has 0 bridgehead atoms. The number of amides is 3. The zero-order chi connectivity index (χ0) is 83.5. The van der Waals surface area contributed by atoms with Crippen molar-refractivity contribution in [1.82, 2.24) is 35.5 Å². The molecule has 0 radical (unpaired) electrons. The molecule has 13 rings (SSSR count). The molecule has 3 heterocycles. The second kappa shape index (κ2) is 42.0. The lowest BCUT2D eigenvalue weighted by atomic mass is 9.76. The summed E-state index contributed by atoms with van der Waals surface area (Å²) in [5.41, 5.74) is 9.01. The van der Waals surface area contributed by atoms with Gasteiger partial charge in [-0.1, -0.05) is 284 Å². The van der Waals surface area contributed by atoms with Gasteiger partial charge >= 0.3 is 23.4 Å². The monoisotopic (exact) mass is 1660 g/mol. The molecule has 0 aliphatic heterocycles. The number of nitro benzene ring substituents is 1. The van der Waals surface area contributed by atoms with Gasteiger partial charge in [0, 0.05) is 73.9 Å². The Bertz CT molecular complexity index is 5370. The minimum Gasteiger partial charge on any atom is -0.489 e.